The highest BCUT2D eigenvalue weighted by Gasteiger charge is 2.25. The highest BCUT2D eigenvalue weighted by atomic mass is 35.5. The molecule has 0 amide bonds. The second kappa shape index (κ2) is 6.52. The van der Waals surface area contributed by atoms with Crippen molar-refractivity contribution in [2.75, 3.05) is 0 Å². The van der Waals surface area contributed by atoms with E-state index in [-0.39, 0.29) is 11.5 Å². The van der Waals surface area contributed by atoms with Crippen LogP contribution in [0.25, 0.3) is 5.57 Å². The van der Waals surface area contributed by atoms with Crippen molar-refractivity contribution in [3.63, 3.8) is 0 Å². The fraction of sp³-hybridized carbons (Fsp3) is 0. The molecule has 1 N–H and O–H groups in total. The number of carbonyl (C=O) groups is 1. The van der Waals surface area contributed by atoms with E-state index in [1.807, 2.05) is 36.4 Å². The maximum absolute atomic E-state index is 12.8. The van der Waals surface area contributed by atoms with Crippen molar-refractivity contribution in [2.24, 2.45) is 0 Å². The van der Waals surface area contributed by atoms with E-state index in [0.717, 1.165) is 32.7 Å². The lowest BCUT2D eigenvalue weighted by molar-refractivity contribution is 0.104. The fourth-order valence-corrected chi connectivity index (χ4v) is 3.70. The Morgan fingerprint density at radius 3 is 2.38 bits per heavy atom. The number of phenols is 1. The van der Waals surface area contributed by atoms with Gasteiger partial charge in [0, 0.05) is 21.7 Å². The van der Waals surface area contributed by atoms with E-state index >= 15 is 0 Å². The maximum Gasteiger partial charge on any atom is 0.186 e. The van der Waals surface area contributed by atoms with Crippen LogP contribution in [0.5, 0.6) is 5.75 Å². The molecule has 1 aliphatic rings. The molecule has 0 aliphatic heterocycles. The zero-order valence-corrected chi connectivity index (χ0v) is 15.1. The molecule has 4 rings (SSSR count). The first-order chi connectivity index (χ1) is 12.5. The van der Waals surface area contributed by atoms with Crippen LogP contribution >= 0.6 is 23.8 Å². The van der Waals surface area contributed by atoms with Crippen LogP contribution < -0.4 is 0 Å². The van der Waals surface area contributed by atoms with Gasteiger partial charge in [0.1, 0.15) is 5.75 Å². The van der Waals surface area contributed by atoms with Gasteiger partial charge in [0.25, 0.3) is 0 Å². The van der Waals surface area contributed by atoms with Crippen LogP contribution in [0, 0.1) is 0 Å². The standard InChI is InChI=1S/C22H13ClO2S/c23-14-8-9-18-19(11-14)20(16-6-1-2-7-17(16)22(18)26)12-21(25)13-4-3-5-15(24)10-13/h1-12,24H. The van der Waals surface area contributed by atoms with Crippen LogP contribution in [-0.4, -0.2) is 15.8 Å². The van der Waals surface area contributed by atoms with Gasteiger partial charge in [0.05, 0.1) is 4.86 Å². The summed E-state index contributed by atoms with van der Waals surface area (Å²) in [4.78, 5) is 13.5. The van der Waals surface area contributed by atoms with Crippen molar-refractivity contribution in [3.05, 3.63) is 106 Å². The molecule has 2 nitrogen and oxygen atoms in total. The van der Waals surface area contributed by atoms with Gasteiger partial charge in [-0.05, 0) is 47.0 Å². The number of phenolic OH excluding ortho intramolecular Hbond substituents is 1. The van der Waals surface area contributed by atoms with E-state index in [1.165, 1.54) is 12.1 Å². The van der Waals surface area contributed by atoms with E-state index in [1.54, 1.807) is 24.3 Å². The molecule has 1 aliphatic carbocycles. The summed E-state index contributed by atoms with van der Waals surface area (Å²) in [5.41, 5.74) is 4.76. The highest BCUT2D eigenvalue weighted by Crippen LogP contribution is 2.37. The number of hydrogen-bond acceptors (Lipinski definition) is 3. The molecule has 0 unspecified atom stereocenters. The predicted molar refractivity (Wildman–Crippen MR) is 108 cm³/mol. The van der Waals surface area contributed by atoms with E-state index in [9.17, 15) is 9.90 Å². The molecule has 0 saturated heterocycles. The number of hydrogen-bond donors (Lipinski definition) is 1. The minimum absolute atomic E-state index is 0.0583. The molecule has 3 aromatic rings. The van der Waals surface area contributed by atoms with Gasteiger partial charge in [-0.15, -0.1) is 0 Å². The smallest absolute Gasteiger partial charge is 0.186 e. The summed E-state index contributed by atoms with van der Waals surface area (Å²) in [7, 11) is 0. The Labute approximate surface area is 161 Å². The summed E-state index contributed by atoms with van der Waals surface area (Å²) in [6.45, 7) is 0. The van der Waals surface area contributed by atoms with Gasteiger partial charge in [-0.2, -0.15) is 0 Å². The fourth-order valence-electron chi connectivity index (χ4n) is 3.17. The van der Waals surface area contributed by atoms with Crippen molar-refractivity contribution < 1.29 is 9.90 Å². The molecule has 0 saturated carbocycles. The first-order valence-corrected chi connectivity index (χ1v) is 8.82. The minimum atomic E-state index is -0.190. The summed E-state index contributed by atoms with van der Waals surface area (Å²) in [6.07, 6.45) is 1.59. The van der Waals surface area contributed by atoms with Crippen molar-refractivity contribution in [2.45, 2.75) is 0 Å². The molecule has 0 heterocycles. The number of thiocarbonyl (C=S) groups is 1. The average Bonchev–Trinajstić information content (AvgIpc) is 2.65. The van der Waals surface area contributed by atoms with Gasteiger partial charge in [0.2, 0.25) is 0 Å². The predicted octanol–water partition coefficient (Wildman–Crippen LogP) is 5.44. The Hall–Kier alpha value is -2.75. The van der Waals surface area contributed by atoms with Crippen LogP contribution in [0.3, 0.4) is 0 Å². The third-order valence-corrected chi connectivity index (χ3v) is 5.06. The number of halogens is 1. The van der Waals surface area contributed by atoms with Gasteiger partial charge >= 0.3 is 0 Å². The lowest BCUT2D eigenvalue weighted by Gasteiger charge is -2.23. The number of rotatable bonds is 2. The van der Waals surface area contributed by atoms with E-state index in [0.29, 0.717) is 10.6 Å². The molecule has 0 atom stereocenters. The second-order valence-electron chi connectivity index (χ2n) is 6.04. The largest absolute Gasteiger partial charge is 0.508 e. The summed E-state index contributed by atoms with van der Waals surface area (Å²) in [5, 5.41) is 10.2. The Morgan fingerprint density at radius 2 is 1.62 bits per heavy atom. The highest BCUT2D eigenvalue weighted by molar-refractivity contribution is 7.81. The molecular weight excluding hydrogens is 364 g/mol. The van der Waals surface area contributed by atoms with Gasteiger partial charge in [-0.25, -0.2) is 0 Å². The number of carbonyl (C=O) groups excluding carboxylic acids is 1. The summed E-state index contributed by atoms with van der Waals surface area (Å²) >= 11 is 11.9. The molecular formula is C22H13ClO2S. The number of allylic oxidation sites excluding steroid dienone is 1. The molecule has 0 radical (unpaired) electrons. The molecule has 0 aromatic heterocycles. The monoisotopic (exact) mass is 376 g/mol. The number of fused-ring (bicyclic) bond motifs is 2. The Morgan fingerprint density at radius 1 is 0.885 bits per heavy atom. The van der Waals surface area contributed by atoms with Gasteiger partial charge in [-0.1, -0.05) is 66.3 Å². The van der Waals surface area contributed by atoms with E-state index in [4.69, 9.17) is 23.8 Å². The van der Waals surface area contributed by atoms with Crippen LogP contribution in [-0.2, 0) is 0 Å². The second-order valence-corrected chi connectivity index (χ2v) is 6.88. The van der Waals surface area contributed by atoms with Crippen LogP contribution in [0.2, 0.25) is 5.02 Å². The lowest BCUT2D eigenvalue weighted by Crippen LogP contribution is -2.14. The van der Waals surface area contributed by atoms with Crippen LogP contribution in [0.1, 0.15) is 32.6 Å². The molecule has 4 heteroatoms. The third kappa shape index (κ3) is 2.85. The van der Waals surface area contributed by atoms with Crippen molar-refractivity contribution in [1.82, 2.24) is 0 Å². The molecule has 26 heavy (non-hydrogen) atoms. The SMILES string of the molecule is O=C(C=C1c2ccccc2C(=S)c2ccc(Cl)cc21)c1cccc(O)c1. The van der Waals surface area contributed by atoms with Crippen molar-refractivity contribution >= 4 is 40.0 Å². The van der Waals surface area contributed by atoms with Crippen molar-refractivity contribution in [1.29, 1.82) is 0 Å². The lowest BCUT2D eigenvalue weighted by atomic mass is 9.81. The van der Waals surface area contributed by atoms with E-state index < -0.39 is 0 Å². The molecule has 0 spiro atoms. The van der Waals surface area contributed by atoms with Crippen LogP contribution in [0.4, 0.5) is 0 Å². The first kappa shape index (κ1) is 16.7. The Bertz CT molecular complexity index is 1100. The molecule has 126 valence electrons. The maximum atomic E-state index is 12.8. The van der Waals surface area contributed by atoms with Gasteiger partial charge < -0.3 is 5.11 Å². The zero-order valence-electron chi connectivity index (χ0n) is 13.6. The molecule has 3 aromatic carbocycles. The summed E-state index contributed by atoms with van der Waals surface area (Å²) in [6, 6.07) is 19.6. The number of benzene rings is 3. The summed E-state index contributed by atoms with van der Waals surface area (Å²) < 4.78 is 0. The quantitative estimate of drug-likeness (QED) is 0.287. The summed E-state index contributed by atoms with van der Waals surface area (Å²) in [5.74, 6) is -0.132. The van der Waals surface area contributed by atoms with Crippen LogP contribution in [0.15, 0.2) is 72.8 Å². The third-order valence-electron chi connectivity index (χ3n) is 4.38. The Balaban J connectivity index is 1.93. The number of aromatic hydroxyl groups is 1. The average molecular weight is 377 g/mol. The normalized spacial score (nSPS) is 14.0. The zero-order chi connectivity index (χ0) is 18.3. The first-order valence-electron chi connectivity index (χ1n) is 8.03. The molecule has 0 fully saturated rings. The number of ketones is 1. The Kier molecular flexibility index (Phi) is 4.19. The minimum Gasteiger partial charge on any atom is -0.508 e. The van der Waals surface area contributed by atoms with Crippen molar-refractivity contribution in [3.8, 4) is 5.75 Å². The topological polar surface area (TPSA) is 37.3 Å². The van der Waals surface area contributed by atoms with E-state index in [2.05, 4.69) is 0 Å². The van der Waals surface area contributed by atoms with Gasteiger partial charge in [-0.3, -0.25) is 4.79 Å². The van der Waals surface area contributed by atoms with Gasteiger partial charge in [0.15, 0.2) is 5.78 Å². The molecule has 0 bridgehead atoms.